The summed E-state index contributed by atoms with van der Waals surface area (Å²) in [6.07, 6.45) is -1.76. The number of hydrogen-bond acceptors (Lipinski definition) is 5. The van der Waals surface area contributed by atoms with E-state index in [-0.39, 0.29) is 5.91 Å². The van der Waals surface area contributed by atoms with Crippen LogP contribution in [0.1, 0.15) is 88.5 Å². The lowest BCUT2D eigenvalue weighted by molar-refractivity contribution is -0.141. The van der Waals surface area contributed by atoms with Gasteiger partial charge in [0.25, 0.3) is 5.91 Å². The number of benzene rings is 5. The molecule has 3 N–H and O–H groups in total. The Morgan fingerprint density at radius 1 is 0.500 bits per heavy atom. The van der Waals surface area contributed by atoms with E-state index in [4.69, 9.17) is 0 Å². The minimum atomic E-state index is -4.51. The molecule has 0 radical (unpaired) electrons. The Hall–Kier alpha value is -7.49. The smallest absolute Gasteiger partial charge is 0.346 e. The first kappa shape index (κ1) is 50.9. The van der Waals surface area contributed by atoms with Crippen LogP contribution in [-0.2, 0) is 33.5 Å². The molecule has 0 saturated heterocycles. The third kappa shape index (κ3) is 10.7. The zero-order chi connectivity index (χ0) is 51.3. The summed E-state index contributed by atoms with van der Waals surface area (Å²) < 4.78 is 82.0. The highest BCUT2D eigenvalue weighted by molar-refractivity contribution is 6.04. The molecule has 0 atom stereocenters. The first-order chi connectivity index (χ1) is 34.4. The number of halogens is 6. The molecule has 0 spiro atoms. The number of aromatic nitrogens is 4. The van der Waals surface area contributed by atoms with Crippen LogP contribution in [0.5, 0.6) is 0 Å². The number of imidazole rings is 2. The monoisotopic (exact) mass is 987 g/mol. The second kappa shape index (κ2) is 21.1. The van der Waals surface area contributed by atoms with Crippen LogP contribution in [0, 0.1) is 20.8 Å². The highest BCUT2D eigenvalue weighted by atomic mass is 19.4. The van der Waals surface area contributed by atoms with Gasteiger partial charge in [0.05, 0.1) is 5.69 Å². The fourth-order valence-electron chi connectivity index (χ4n) is 10.4. The minimum Gasteiger partial charge on any atom is -0.346 e. The summed E-state index contributed by atoms with van der Waals surface area (Å²) in [7, 11) is 0. The van der Waals surface area contributed by atoms with Crippen molar-refractivity contribution in [1.29, 1.82) is 0 Å². The van der Waals surface area contributed by atoms with Gasteiger partial charge in [-0.3, -0.25) is 14.4 Å². The number of hydrogen-bond donors (Lipinski definition) is 3. The zero-order valence-electron chi connectivity index (χ0n) is 40.1. The van der Waals surface area contributed by atoms with Gasteiger partial charge in [-0.1, -0.05) is 115 Å². The van der Waals surface area contributed by atoms with Gasteiger partial charge in [-0.05, 0) is 116 Å². The van der Waals surface area contributed by atoms with Crippen molar-refractivity contribution in [1.82, 2.24) is 29.7 Å². The Balaban J connectivity index is 0.000000197. The Bertz CT molecular complexity index is 2980. The van der Waals surface area contributed by atoms with Crippen molar-refractivity contribution in [3.05, 3.63) is 185 Å². The van der Waals surface area contributed by atoms with Gasteiger partial charge in [-0.15, -0.1) is 0 Å². The molecule has 374 valence electrons. The molecule has 7 aromatic rings. The molecule has 0 fully saturated rings. The van der Waals surface area contributed by atoms with Gasteiger partial charge in [0.1, 0.15) is 35.6 Å². The molecular weight excluding hydrogens is 933 g/mol. The molecule has 0 unspecified atom stereocenters. The molecular formula is C56H55F6N7O3. The maximum atomic E-state index is 13.6. The molecule has 0 saturated carbocycles. The third-order valence-corrected chi connectivity index (χ3v) is 13.6. The van der Waals surface area contributed by atoms with Crippen LogP contribution in [0.3, 0.4) is 0 Å². The molecule has 2 aliphatic rings. The van der Waals surface area contributed by atoms with Crippen molar-refractivity contribution in [3.8, 4) is 22.3 Å². The number of carbonyl (C=O) groups is 3. The van der Waals surface area contributed by atoms with Crippen LogP contribution in [-0.4, -0.2) is 62.3 Å². The average molecular weight is 988 g/mol. The molecule has 2 aromatic heterocycles. The summed E-state index contributed by atoms with van der Waals surface area (Å²) in [5.41, 5.74) is 5.65. The van der Waals surface area contributed by atoms with Gasteiger partial charge in [0, 0.05) is 31.0 Å². The molecule has 72 heavy (non-hydrogen) atoms. The Morgan fingerprint density at radius 2 is 0.875 bits per heavy atom. The molecule has 3 amide bonds. The number of anilines is 1. The second-order valence-electron chi connectivity index (χ2n) is 18.3. The fraction of sp³-hybridized carbons (Fsp3) is 0.304. The summed E-state index contributed by atoms with van der Waals surface area (Å²) in [5, 5.41) is 7.16. The number of alkyl halides is 6. The van der Waals surface area contributed by atoms with E-state index >= 15 is 0 Å². The van der Waals surface area contributed by atoms with E-state index in [2.05, 4.69) is 30.5 Å². The molecule has 2 heterocycles. The third-order valence-electron chi connectivity index (χ3n) is 13.6. The molecule has 0 aliphatic heterocycles. The van der Waals surface area contributed by atoms with E-state index in [0.717, 1.165) is 74.8 Å². The molecule has 5 aromatic carbocycles. The molecule has 2 aliphatic carbocycles. The maximum absolute atomic E-state index is 13.6. The first-order valence-electron chi connectivity index (χ1n) is 23.9. The predicted octanol–water partition coefficient (Wildman–Crippen LogP) is 11.6. The van der Waals surface area contributed by atoms with Crippen molar-refractivity contribution >= 4 is 23.5 Å². The lowest BCUT2D eigenvalue weighted by atomic mass is 9.73. The van der Waals surface area contributed by atoms with Gasteiger partial charge in [0.2, 0.25) is 11.8 Å². The summed E-state index contributed by atoms with van der Waals surface area (Å²) in [6.45, 7) is 4.32. The SMILES string of the molecule is Cc1cn(CCCCC2(C(=O)NCC(F)(F)F)c3ccccc3-c3ccccc32)c(C)n1.Cc1nc(NC(=O)c2ccccc2)cn1CCCCC1(C(=O)NCC(F)(F)F)c2ccccc2-c2ccccc21. The highest BCUT2D eigenvalue weighted by Gasteiger charge is 2.50. The van der Waals surface area contributed by atoms with Crippen molar-refractivity contribution in [3.63, 3.8) is 0 Å². The highest BCUT2D eigenvalue weighted by Crippen LogP contribution is 2.53. The van der Waals surface area contributed by atoms with Crippen LogP contribution in [0.15, 0.2) is 140 Å². The summed E-state index contributed by atoms with van der Waals surface area (Å²) in [6, 6.07) is 38.8. The maximum Gasteiger partial charge on any atom is 0.405 e. The topological polar surface area (TPSA) is 123 Å². The van der Waals surface area contributed by atoms with Gasteiger partial charge in [-0.2, -0.15) is 26.3 Å². The second-order valence-corrected chi connectivity index (χ2v) is 18.3. The van der Waals surface area contributed by atoms with Gasteiger partial charge < -0.3 is 25.1 Å². The number of fused-ring (bicyclic) bond motifs is 6. The summed E-state index contributed by atoms with van der Waals surface area (Å²) in [5.74, 6) is 0.590. The number of nitrogens with one attached hydrogen (secondary N) is 3. The van der Waals surface area contributed by atoms with Gasteiger partial charge >= 0.3 is 12.4 Å². The van der Waals surface area contributed by atoms with Crippen LogP contribution in [0.4, 0.5) is 32.2 Å². The molecule has 10 nitrogen and oxygen atoms in total. The first-order valence-corrected chi connectivity index (χ1v) is 23.9. The van der Waals surface area contributed by atoms with E-state index in [1.807, 2.05) is 135 Å². The van der Waals surface area contributed by atoms with Gasteiger partial charge in [0.15, 0.2) is 5.82 Å². The van der Waals surface area contributed by atoms with Crippen LogP contribution < -0.4 is 16.0 Å². The number of rotatable bonds is 16. The van der Waals surface area contributed by atoms with Crippen LogP contribution in [0.25, 0.3) is 22.3 Å². The van der Waals surface area contributed by atoms with Crippen LogP contribution in [0.2, 0.25) is 0 Å². The van der Waals surface area contributed by atoms with Crippen LogP contribution >= 0.6 is 0 Å². The van der Waals surface area contributed by atoms with Gasteiger partial charge in [-0.25, -0.2) is 9.97 Å². The van der Waals surface area contributed by atoms with Crippen molar-refractivity contribution < 1.29 is 40.7 Å². The Labute approximate surface area is 413 Å². The lowest BCUT2D eigenvalue weighted by Crippen LogP contribution is -2.47. The van der Waals surface area contributed by atoms with E-state index in [1.54, 1.807) is 30.5 Å². The Kier molecular flexibility index (Phi) is 14.9. The average Bonchev–Trinajstić information content (AvgIpc) is 4.07. The Morgan fingerprint density at radius 3 is 1.26 bits per heavy atom. The fourth-order valence-corrected chi connectivity index (χ4v) is 10.4. The zero-order valence-corrected chi connectivity index (χ0v) is 40.1. The number of carbonyl (C=O) groups excluding carboxylic acids is 3. The standard InChI is InChI=1S/C31H29F3N4O2.C25H26F3N3O/c1-21-36-27(37-28(39)22-11-3-2-4-12-22)19-38(21)18-10-9-17-30(29(40)35-20-31(32,33)34)25-15-7-5-13-23(25)24-14-6-8-16-26(24)30;1-17-15-31(18(2)30-17)14-8-7-13-24(23(32)29-16-25(26,27)28)21-11-5-3-9-19(21)20-10-4-6-12-22(20)24/h2-8,11-16,19H,9-10,17-18,20H2,1H3,(H,35,40)(H,37,39);3-6,9-12,15H,7-8,13-14,16H2,1-2H3,(H,29,32). The van der Waals surface area contributed by atoms with Crippen molar-refractivity contribution in [2.75, 3.05) is 18.4 Å². The summed E-state index contributed by atoms with van der Waals surface area (Å²) in [4.78, 5) is 48.4. The molecule has 0 bridgehead atoms. The van der Waals surface area contributed by atoms with Crippen molar-refractivity contribution in [2.24, 2.45) is 0 Å². The number of amides is 3. The minimum absolute atomic E-state index is 0.254. The van der Waals surface area contributed by atoms with E-state index < -0.39 is 48.1 Å². The van der Waals surface area contributed by atoms with Crippen molar-refractivity contribution in [2.45, 2.75) is 95.6 Å². The molecule has 16 heteroatoms. The van der Waals surface area contributed by atoms with E-state index in [0.29, 0.717) is 50.0 Å². The van der Waals surface area contributed by atoms with E-state index in [9.17, 15) is 40.7 Å². The quantitative estimate of drug-likeness (QED) is 0.0657. The predicted molar refractivity (Wildman–Crippen MR) is 264 cm³/mol. The number of aryl methyl sites for hydroxylation is 5. The number of unbranched alkanes of at least 4 members (excludes halogenated alkanes) is 2. The molecule has 9 rings (SSSR count). The normalized spacial score (nSPS) is 13.7. The lowest BCUT2D eigenvalue weighted by Gasteiger charge is -2.31. The summed E-state index contributed by atoms with van der Waals surface area (Å²) >= 11 is 0. The number of nitrogens with zero attached hydrogens (tertiary/aromatic N) is 4. The van der Waals surface area contributed by atoms with E-state index in [1.165, 1.54) is 0 Å². The largest absolute Gasteiger partial charge is 0.405 e.